The van der Waals surface area contributed by atoms with Crippen molar-refractivity contribution in [3.05, 3.63) is 41.5 Å². The van der Waals surface area contributed by atoms with Crippen LogP contribution in [0.5, 0.6) is 0 Å². The van der Waals surface area contributed by atoms with E-state index in [1.165, 1.54) is 6.08 Å². The number of rotatable bonds is 5. The van der Waals surface area contributed by atoms with Crippen molar-refractivity contribution >= 4 is 12.0 Å². The van der Waals surface area contributed by atoms with Gasteiger partial charge >= 0.3 is 0 Å². The molecular formula is C17H20N2O2. The van der Waals surface area contributed by atoms with Crippen LogP contribution in [0.15, 0.2) is 30.3 Å². The van der Waals surface area contributed by atoms with Crippen molar-refractivity contribution in [2.45, 2.75) is 25.7 Å². The van der Waals surface area contributed by atoms with Crippen LogP contribution < -0.4 is 5.32 Å². The van der Waals surface area contributed by atoms with Crippen molar-refractivity contribution in [2.24, 2.45) is 5.41 Å². The summed E-state index contributed by atoms with van der Waals surface area (Å²) in [6.07, 6.45) is 7.34. The SMILES string of the molecule is N#Cc1cccc(/C=C/C(=O)NCC2(CO)CCCC2)c1. The van der Waals surface area contributed by atoms with Crippen LogP contribution in [0.2, 0.25) is 0 Å². The number of aliphatic hydroxyl groups excluding tert-OH is 1. The van der Waals surface area contributed by atoms with Crippen LogP contribution in [0.25, 0.3) is 6.08 Å². The normalized spacial score (nSPS) is 16.8. The van der Waals surface area contributed by atoms with Gasteiger partial charge in [-0.25, -0.2) is 0 Å². The standard InChI is InChI=1S/C17H20N2O2/c18-11-15-5-3-4-14(10-15)6-7-16(21)19-12-17(13-20)8-1-2-9-17/h3-7,10,20H,1-2,8-9,12-13H2,(H,19,21)/b7-6+. The van der Waals surface area contributed by atoms with E-state index in [0.29, 0.717) is 12.1 Å². The zero-order valence-electron chi connectivity index (χ0n) is 12.0. The Balaban J connectivity index is 1.89. The lowest BCUT2D eigenvalue weighted by Gasteiger charge is -2.26. The topological polar surface area (TPSA) is 73.1 Å². The smallest absolute Gasteiger partial charge is 0.244 e. The molecule has 1 aromatic rings. The largest absolute Gasteiger partial charge is 0.396 e. The van der Waals surface area contributed by atoms with E-state index in [2.05, 4.69) is 11.4 Å². The van der Waals surface area contributed by atoms with E-state index in [9.17, 15) is 9.90 Å². The zero-order valence-corrected chi connectivity index (χ0v) is 12.0. The highest BCUT2D eigenvalue weighted by atomic mass is 16.3. The molecule has 110 valence electrons. The summed E-state index contributed by atoms with van der Waals surface area (Å²) in [6, 6.07) is 9.16. The first-order valence-corrected chi connectivity index (χ1v) is 7.24. The van der Waals surface area contributed by atoms with E-state index in [1.54, 1.807) is 24.3 Å². The maximum absolute atomic E-state index is 11.8. The van der Waals surface area contributed by atoms with Crippen molar-refractivity contribution in [1.29, 1.82) is 5.26 Å². The first-order valence-electron chi connectivity index (χ1n) is 7.24. The monoisotopic (exact) mass is 284 g/mol. The van der Waals surface area contributed by atoms with Crippen molar-refractivity contribution in [1.82, 2.24) is 5.32 Å². The zero-order chi connectivity index (χ0) is 15.1. The molecule has 1 aliphatic rings. The van der Waals surface area contributed by atoms with Gasteiger partial charge < -0.3 is 10.4 Å². The summed E-state index contributed by atoms with van der Waals surface area (Å²) in [5.74, 6) is -0.169. The number of hydrogen-bond donors (Lipinski definition) is 2. The van der Waals surface area contributed by atoms with E-state index in [1.807, 2.05) is 6.07 Å². The second kappa shape index (κ2) is 7.05. The van der Waals surface area contributed by atoms with Gasteiger partial charge in [-0.05, 0) is 36.6 Å². The maximum atomic E-state index is 11.8. The molecule has 1 amide bonds. The summed E-state index contributed by atoms with van der Waals surface area (Å²) in [6.45, 7) is 0.645. The average Bonchev–Trinajstić information content (AvgIpc) is 3.00. The van der Waals surface area contributed by atoms with Gasteiger partial charge in [0.05, 0.1) is 18.2 Å². The molecule has 0 saturated heterocycles. The van der Waals surface area contributed by atoms with Crippen molar-refractivity contribution in [3.63, 3.8) is 0 Å². The minimum absolute atomic E-state index is 0.126. The number of carbonyl (C=O) groups is 1. The van der Waals surface area contributed by atoms with E-state index >= 15 is 0 Å². The molecule has 4 nitrogen and oxygen atoms in total. The fourth-order valence-corrected chi connectivity index (χ4v) is 2.73. The highest BCUT2D eigenvalue weighted by Crippen LogP contribution is 2.36. The van der Waals surface area contributed by atoms with Crippen LogP contribution in [0.1, 0.15) is 36.8 Å². The maximum Gasteiger partial charge on any atom is 0.244 e. The Hall–Kier alpha value is -2.12. The number of nitriles is 1. The molecule has 0 radical (unpaired) electrons. The number of amides is 1. The van der Waals surface area contributed by atoms with Gasteiger partial charge in [0.15, 0.2) is 0 Å². The predicted molar refractivity (Wildman–Crippen MR) is 81.2 cm³/mol. The second-order valence-electron chi connectivity index (χ2n) is 5.65. The summed E-state index contributed by atoms with van der Waals surface area (Å²) in [7, 11) is 0. The van der Waals surface area contributed by atoms with Gasteiger partial charge in [-0.3, -0.25) is 4.79 Å². The Kier molecular flexibility index (Phi) is 5.13. The number of hydrogen-bond acceptors (Lipinski definition) is 3. The van der Waals surface area contributed by atoms with Gasteiger partial charge in [-0.2, -0.15) is 5.26 Å². The van der Waals surface area contributed by atoms with Gasteiger partial charge in [0.25, 0.3) is 0 Å². The van der Waals surface area contributed by atoms with Crippen LogP contribution in [0.3, 0.4) is 0 Å². The van der Waals surface area contributed by atoms with E-state index in [0.717, 1.165) is 31.2 Å². The first kappa shape index (κ1) is 15.3. The number of benzene rings is 1. The van der Waals surface area contributed by atoms with Gasteiger partial charge in [-0.1, -0.05) is 25.0 Å². The van der Waals surface area contributed by atoms with Crippen LogP contribution >= 0.6 is 0 Å². The molecule has 1 fully saturated rings. The van der Waals surface area contributed by atoms with Crippen molar-refractivity contribution in [2.75, 3.05) is 13.2 Å². The number of nitrogens with zero attached hydrogens (tertiary/aromatic N) is 1. The molecular weight excluding hydrogens is 264 g/mol. The van der Waals surface area contributed by atoms with Crippen LogP contribution in [-0.4, -0.2) is 24.2 Å². The molecule has 0 atom stereocenters. The Morgan fingerprint density at radius 1 is 1.43 bits per heavy atom. The summed E-state index contributed by atoms with van der Waals surface area (Å²) in [5, 5.41) is 21.2. The highest BCUT2D eigenvalue weighted by Gasteiger charge is 2.33. The minimum Gasteiger partial charge on any atom is -0.396 e. The van der Waals surface area contributed by atoms with Crippen molar-refractivity contribution in [3.8, 4) is 6.07 Å². The van der Waals surface area contributed by atoms with E-state index in [-0.39, 0.29) is 17.9 Å². The summed E-state index contributed by atoms with van der Waals surface area (Å²) >= 11 is 0. The fourth-order valence-electron chi connectivity index (χ4n) is 2.73. The van der Waals surface area contributed by atoms with E-state index < -0.39 is 0 Å². The lowest BCUT2D eigenvalue weighted by atomic mass is 9.87. The molecule has 1 aliphatic carbocycles. The molecule has 4 heteroatoms. The van der Waals surface area contributed by atoms with Gasteiger partial charge in [0.1, 0.15) is 0 Å². The van der Waals surface area contributed by atoms with Gasteiger partial charge in [0.2, 0.25) is 5.91 Å². The molecule has 0 spiro atoms. The molecule has 0 aromatic heterocycles. The molecule has 0 heterocycles. The van der Waals surface area contributed by atoms with Gasteiger partial charge in [0, 0.05) is 18.0 Å². The Labute approximate surface area is 125 Å². The summed E-state index contributed by atoms with van der Waals surface area (Å²) in [4.78, 5) is 11.8. The average molecular weight is 284 g/mol. The third-order valence-corrected chi connectivity index (χ3v) is 4.08. The Morgan fingerprint density at radius 2 is 2.19 bits per heavy atom. The van der Waals surface area contributed by atoms with Crippen molar-refractivity contribution < 1.29 is 9.90 Å². The molecule has 0 bridgehead atoms. The minimum atomic E-state index is -0.169. The van der Waals surface area contributed by atoms with Crippen LogP contribution in [0.4, 0.5) is 0 Å². The predicted octanol–water partition coefficient (Wildman–Crippen LogP) is 2.24. The Bertz CT molecular complexity index is 566. The fraction of sp³-hybridized carbons (Fsp3) is 0.412. The number of carbonyl (C=O) groups excluding carboxylic acids is 1. The van der Waals surface area contributed by atoms with E-state index in [4.69, 9.17) is 5.26 Å². The molecule has 2 N–H and O–H groups in total. The third kappa shape index (κ3) is 4.17. The number of nitrogens with one attached hydrogen (secondary N) is 1. The lowest BCUT2D eigenvalue weighted by molar-refractivity contribution is -0.117. The summed E-state index contributed by atoms with van der Waals surface area (Å²) in [5.41, 5.74) is 1.26. The molecule has 1 aromatic carbocycles. The van der Waals surface area contributed by atoms with Gasteiger partial charge in [-0.15, -0.1) is 0 Å². The third-order valence-electron chi connectivity index (χ3n) is 4.08. The quantitative estimate of drug-likeness (QED) is 0.814. The molecule has 2 rings (SSSR count). The molecule has 1 saturated carbocycles. The highest BCUT2D eigenvalue weighted by molar-refractivity contribution is 5.91. The summed E-state index contributed by atoms with van der Waals surface area (Å²) < 4.78 is 0. The number of aliphatic hydroxyl groups is 1. The molecule has 0 unspecified atom stereocenters. The molecule has 0 aliphatic heterocycles. The Morgan fingerprint density at radius 3 is 2.86 bits per heavy atom. The first-order chi connectivity index (χ1) is 10.2. The lowest BCUT2D eigenvalue weighted by Crippen LogP contribution is -2.37. The van der Waals surface area contributed by atoms with Crippen LogP contribution in [0, 0.1) is 16.7 Å². The molecule has 21 heavy (non-hydrogen) atoms. The van der Waals surface area contributed by atoms with Crippen LogP contribution in [-0.2, 0) is 4.79 Å². The second-order valence-corrected chi connectivity index (χ2v) is 5.65.